The van der Waals surface area contributed by atoms with Crippen molar-refractivity contribution in [3.05, 3.63) is 84.7 Å². The van der Waals surface area contributed by atoms with Crippen LogP contribution in [0.2, 0.25) is 0 Å². The molecule has 0 radical (unpaired) electrons. The highest BCUT2D eigenvalue weighted by molar-refractivity contribution is 6.00. The van der Waals surface area contributed by atoms with E-state index in [2.05, 4.69) is 66.5 Å². The molecule has 0 spiro atoms. The number of amides is 2. The number of nitrogens with two attached hydrogens (primary N) is 2. The van der Waals surface area contributed by atoms with Crippen LogP contribution in [0.5, 0.6) is 0 Å². The number of aryl methyl sites for hydroxylation is 2. The molecule has 54 heavy (non-hydrogen) atoms. The maximum atomic E-state index is 12.2. The standard InChI is InChI=1S/2C20H18N6O/c2*1-2-11-3-4-23-9-15(11)17-6-12-7-18(24-10-16(12)19(22)25-17)26-20(27)14-5-13(14)8-21/h2*3-4,6-7,9-10,13-14H,2,5H2,1H3,(H2,22,25)(H,24,26,27)/t13-,14+;/m0./s1. The third kappa shape index (κ3) is 7.31. The van der Waals surface area contributed by atoms with Gasteiger partial charge in [0, 0.05) is 59.1 Å². The summed E-state index contributed by atoms with van der Waals surface area (Å²) in [6.07, 6.45) is 13.2. The van der Waals surface area contributed by atoms with Gasteiger partial charge in [-0.05, 0) is 84.0 Å². The zero-order valence-electron chi connectivity index (χ0n) is 29.6. The molecule has 6 N–H and O–H groups in total. The molecule has 2 aliphatic carbocycles. The third-order valence-electron chi connectivity index (χ3n) is 9.72. The van der Waals surface area contributed by atoms with Crippen molar-refractivity contribution in [2.75, 3.05) is 22.1 Å². The second-order valence-corrected chi connectivity index (χ2v) is 13.3. The van der Waals surface area contributed by atoms with Crippen molar-refractivity contribution in [2.45, 2.75) is 39.5 Å². The smallest absolute Gasteiger partial charge is 0.230 e. The fourth-order valence-electron chi connectivity index (χ4n) is 6.38. The van der Waals surface area contributed by atoms with Crippen molar-refractivity contribution in [3.63, 3.8) is 0 Å². The molecule has 14 heteroatoms. The zero-order valence-corrected chi connectivity index (χ0v) is 29.6. The Balaban J connectivity index is 0.000000167. The maximum absolute atomic E-state index is 12.2. The number of nitrogens with one attached hydrogen (secondary N) is 2. The number of carbonyl (C=O) groups excluding carboxylic acids is 2. The largest absolute Gasteiger partial charge is 0.383 e. The van der Waals surface area contributed by atoms with E-state index in [0.717, 1.165) is 68.0 Å². The fourth-order valence-corrected chi connectivity index (χ4v) is 6.38. The second kappa shape index (κ2) is 14.9. The van der Waals surface area contributed by atoms with Gasteiger partial charge < -0.3 is 22.1 Å². The predicted molar refractivity (Wildman–Crippen MR) is 205 cm³/mol. The molecule has 0 aliphatic heterocycles. The minimum absolute atomic E-state index is 0.170. The van der Waals surface area contributed by atoms with E-state index in [1.807, 2.05) is 24.3 Å². The van der Waals surface area contributed by atoms with Gasteiger partial charge in [-0.2, -0.15) is 10.5 Å². The van der Waals surface area contributed by atoms with E-state index in [4.69, 9.17) is 22.0 Å². The first-order valence-electron chi connectivity index (χ1n) is 17.6. The molecule has 4 atom stereocenters. The molecule has 8 rings (SSSR count). The van der Waals surface area contributed by atoms with E-state index in [1.54, 1.807) is 49.3 Å². The molecule has 2 fully saturated rings. The number of aromatic nitrogens is 6. The summed E-state index contributed by atoms with van der Waals surface area (Å²) in [4.78, 5) is 50.3. The molecule has 6 aromatic heterocycles. The van der Waals surface area contributed by atoms with Gasteiger partial charge in [-0.1, -0.05) is 13.8 Å². The van der Waals surface area contributed by atoms with Crippen LogP contribution in [0.3, 0.4) is 0 Å². The zero-order chi connectivity index (χ0) is 37.9. The number of anilines is 4. The van der Waals surface area contributed by atoms with Gasteiger partial charge in [-0.15, -0.1) is 0 Å². The van der Waals surface area contributed by atoms with Gasteiger partial charge in [-0.3, -0.25) is 19.6 Å². The summed E-state index contributed by atoms with van der Waals surface area (Å²) >= 11 is 0. The van der Waals surface area contributed by atoms with Gasteiger partial charge in [0.1, 0.15) is 23.3 Å². The summed E-state index contributed by atoms with van der Waals surface area (Å²) in [5.41, 5.74) is 17.9. The molecule has 0 bridgehead atoms. The normalized spacial score (nSPS) is 18.1. The highest BCUT2D eigenvalue weighted by atomic mass is 16.2. The van der Waals surface area contributed by atoms with E-state index < -0.39 is 0 Å². The molecule has 268 valence electrons. The van der Waals surface area contributed by atoms with Crippen LogP contribution in [0, 0.1) is 46.3 Å². The summed E-state index contributed by atoms with van der Waals surface area (Å²) in [6.45, 7) is 4.15. The van der Waals surface area contributed by atoms with E-state index >= 15 is 0 Å². The summed E-state index contributed by atoms with van der Waals surface area (Å²) in [7, 11) is 0. The van der Waals surface area contributed by atoms with Crippen LogP contribution in [0.4, 0.5) is 23.3 Å². The van der Waals surface area contributed by atoms with Crippen molar-refractivity contribution in [1.82, 2.24) is 29.9 Å². The number of hydrogen-bond acceptors (Lipinski definition) is 12. The molecule has 2 amide bonds. The number of carbonyl (C=O) groups is 2. The Labute approximate surface area is 310 Å². The van der Waals surface area contributed by atoms with Gasteiger partial charge in [-0.25, -0.2) is 19.9 Å². The van der Waals surface area contributed by atoms with E-state index in [1.165, 1.54) is 0 Å². The van der Waals surface area contributed by atoms with Gasteiger partial charge >= 0.3 is 0 Å². The molecule has 6 aromatic rings. The van der Waals surface area contributed by atoms with Crippen LogP contribution >= 0.6 is 0 Å². The first kappa shape index (κ1) is 35.3. The number of fused-ring (bicyclic) bond motifs is 2. The Morgan fingerprint density at radius 1 is 0.704 bits per heavy atom. The number of rotatable bonds is 8. The summed E-state index contributed by atoms with van der Waals surface area (Å²) in [5.74, 6) is 0.443. The third-order valence-corrected chi connectivity index (χ3v) is 9.72. The average molecular weight is 717 g/mol. The van der Waals surface area contributed by atoms with Gasteiger partial charge in [0.05, 0.1) is 47.2 Å². The van der Waals surface area contributed by atoms with Crippen molar-refractivity contribution in [3.8, 4) is 34.7 Å². The number of pyridine rings is 6. The highest BCUT2D eigenvalue weighted by Gasteiger charge is 2.44. The van der Waals surface area contributed by atoms with Crippen LogP contribution in [0.15, 0.2) is 73.6 Å². The SMILES string of the molecule is CCc1ccncc1-c1cc2cc(NC(=O)C3CC3C#N)ncc2c(N)n1.CCc1ccncc1-c1cc2cc(NC(=O)[C@@H]3C[C@H]3C#N)ncc2c(N)n1. The molecule has 0 saturated heterocycles. The lowest BCUT2D eigenvalue weighted by Crippen LogP contribution is -2.15. The first-order valence-corrected chi connectivity index (χ1v) is 17.6. The van der Waals surface area contributed by atoms with Crippen LogP contribution in [0.25, 0.3) is 44.1 Å². The monoisotopic (exact) mass is 716 g/mol. The molecule has 6 heterocycles. The minimum atomic E-state index is -0.243. The maximum Gasteiger partial charge on any atom is 0.230 e. The number of nitriles is 2. The van der Waals surface area contributed by atoms with Crippen molar-refractivity contribution < 1.29 is 9.59 Å². The lowest BCUT2D eigenvalue weighted by Gasteiger charge is -2.10. The Kier molecular flexibility index (Phi) is 9.75. The fraction of sp³-hybridized carbons (Fsp3) is 0.250. The second-order valence-electron chi connectivity index (χ2n) is 13.3. The lowest BCUT2D eigenvalue weighted by atomic mass is 10.0. The minimum Gasteiger partial charge on any atom is -0.383 e. The van der Waals surface area contributed by atoms with Crippen LogP contribution in [-0.2, 0) is 22.4 Å². The van der Waals surface area contributed by atoms with Crippen molar-refractivity contribution >= 4 is 56.6 Å². The Hall–Kier alpha value is -7.06. The summed E-state index contributed by atoms with van der Waals surface area (Å²) in [6, 6.07) is 15.6. The quantitative estimate of drug-likeness (QED) is 0.145. The molecule has 2 unspecified atom stereocenters. The van der Waals surface area contributed by atoms with Gasteiger partial charge in [0.25, 0.3) is 0 Å². The first-order chi connectivity index (χ1) is 26.2. The van der Waals surface area contributed by atoms with Gasteiger partial charge in [0.2, 0.25) is 11.8 Å². The van der Waals surface area contributed by atoms with Crippen LogP contribution in [0.1, 0.15) is 37.8 Å². The Morgan fingerprint density at radius 2 is 1.13 bits per heavy atom. The molecule has 14 nitrogen and oxygen atoms in total. The number of nitrogen functional groups attached to an aromatic ring is 2. The summed E-state index contributed by atoms with van der Waals surface area (Å²) in [5, 5.41) is 26.4. The lowest BCUT2D eigenvalue weighted by molar-refractivity contribution is -0.118. The Bertz CT molecular complexity index is 2350. The molecule has 0 aromatic carbocycles. The number of hydrogen-bond donors (Lipinski definition) is 4. The average Bonchev–Trinajstić information content (AvgIpc) is 4.13. The molecular formula is C40H36N12O2. The van der Waals surface area contributed by atoms with E-state index in [-0.39, 0.29) is 35.5 Å². The molecule has 2 saturated carbocycles. The topological polar surface area (TPSA) is 235 Å². The van der Waals surface area contributed by atoms with Crippen LogP contribution in [-0.4, -0.2) is 41.7 Å². The van der Waals surface area contributed by atoms with E-state index in [0.29, 0.717) is 36.1 Å². The summed E-state index contributed by atoms with van der Waals surface area (Å²) < 4.78 is 0. The van der Waals surface area contributed by atoms with Crippen molar-refractivity contribution in [2.24, 2.45) is 23.7 Å². The Morgan fingerprint density at radius 3 is 1.50 bits per heavy atom. The van der Waals surface area contributed by atoms with Crippen LogP contribution < -0.4 is 22.1 Å². The van der Waals surface area contributed by atoms with Gasteiger partial charge in [0.15, 0.2) is 0 Å². The molecular weight excluding hydrogens is 681 g/mol. The number of nitrogens with zero attached hydrogens (tertiary/aromatic N) is 8. The predicted octanol–water partition coefficient (Wildman–Crippen LogP) is 5.87. The highest BCUT2D eigenvalue weighted by Crippen LogP contribution is 2.39. The van der Waals surface area contributed by atoms with Crippen molar-refractivity contribution in [1.29, 1.82) is 10.5 Å². The molecule has 2 aliphatic rings. The van der Waals surface area contributed by atoms with E-state index in [9.17, 15) is 9.59 Å².